The number of hydrogen-bond acceptors (Lipinski definition) is 5. The van der Waals surface area contributed by atoms with Gasteiger partial charge in [-0.3, -0.25) is 10.1 Å². The van der Waals surface area contributed by atoms with E-state index in [1.165, 1.54) is 18.9 Å². The lowest BCUT2D eigenvalue weighted by Gasteiger charge is -2.13. The van der Waals surface area contributed by atoms with Crippen molar-refractivity contribution in [1.29, 1.82) is 0 Å². The Morgan fingerprint density at radius 1 is 1.62 bits per heavy atom. The van der Waals surface area contributed by atoms with E-state index in [-0.39, 0.29) is 11.5 Å². The van der Waals surface area contributed by atoms with Crippen LogP contribution >= 0.6 is 0 Å². The number of rotatable bonds is 4. The van der Waals surface area contributed by atoms with Crippen molar-refractivity contribution in [2.24, 2.45) is 5.92 Å². The molecule has 16 heavy (non-hydrogen) atoms. The predicted octanol–water partition coefficient (Wildman–Crippen LogP) is 1.78. The third-order valence-corrected chi connectivity index (χ3v) is 2.80. The van der Waals surface area contributed by atoms with Crippen LogP contribution in [0, 0.1) is 16.0 Å². The minimum atomic E-state index is -0.531. The number of nitrogens with two attached hydrogens (primary N) is 1. The number of pyridine rings is 1. The number of aromatic nitrogens is 1. The van der Waals surface area contributed by atoms with Crippen molar-refractivity contribution in [3.8, 4) is 0 Å². The Balaban J connectivity index is 2.10. The first-order chi connectivity index (χ1) is 7.58. The minimum absolute atomic E-state index is 0.0435. The topological polar surface area (TPSA) is 94.1 Å². The maximum Gasteiger partial charge on any atom is 0.311 e. The molecule has 6 heteroatoms. The van der Waals surface area contributed by atoms with Crippen LogP contribution in [0.3, 0.4) is 0 Å². The number of nitrogen functional groups attached to an aromatic ring is 1. The molecule has 1 saturated carbocycles. The fourth-order valence-electron chi connectivity index (χ4n) is 1.65. The van der Waals surface area contributed by atoms with Gasteiger partial charge in [0.15, 0.2) is 0 Å². The van der Waals surface area contributed by atoms with Crippen molar-refractivity contribution in [2.45, 2.75) is 25.8 Å². The Morgan fingerprint density at radius 2 is 2.31 bits per heavy atom. The second-order valence-corrected chi connectivity index (χ2v) is 4.13. The molecule has 1 aromatic heterocycles. The Morgan fingerprint density at radius 3 is 2.81 bits per heavy atom. The highest BCUT2D eigenvalue weighted by Crippen LogP contribution is 2.34. The van der Waals surface area contributed by atoms with Gasteiger partial charge >= 0.3 is 5.69 Å². The number of nitrogens with one attached hydrogen (secondary N) is 1. The van der Waals surface area contributed by atoms with E-state index >= 15 is 0 Å². The molecule has 0 saturated heterocycles. The summed E-state index contributed by atoms with van der Waals surface area (Å²) in [5.74, 6) is 1.25. The van der Waals surface area contributed by atoms with E-state index in [1.54, 1.807) is 6.07 Å². The Kier molecular flexibility index (Phi) is 2.64. The van der Waals surface area contributed by atoms with Crippen molar-refractivity contribution in [3.63, 3.8) is 0 Å². The molecule has 1 unspecified atom stereocenters. The van der Waals surface area contributed by atoms with Crippen LogP contribution in [-0.4, -0.2) is 15.9 Å². The van der Waals surface area contributed by atoms with Crippen molar-refractivity contribution in [3.05, 3.63) is 22.2 Å². The summed E-state index contributed by atoms with van der Waals surface area (Å²) in [4.78, 5) is 14.0. The van der Waals surface area contributed by atoms with Gasteiger partial charge in [0.25, 0.3) is 0 Å². The van der Waals surface area contributed by atoms with Gasteiger partial charge in [-0.05, 0) is 31.7 Å². The lowest BCUT2D eigenvalue weighted by molar-refractivity contribution is -0.384. The maximum absolute atomic E-state index is 10.5. The van der Waals surface area contributed by atoms with Crippen LogP contribution in [-0.2, 0) is 0 Å². The quantitative estimate of drug-likeness (QED) is 0.598. The molecule has 1 atom stereocenters. The number of nitrogens with zero attached hydrogens (tertiary/aromatic N) is 2. The molecule has 2 rings (SSSR count). The van der Waals surface area contributed by atoms with Gasteiger partial charge in [-0.2, -0.15) is 0 Å². The standard InChI is InChI=1S/C10H14N4O2/c1-6(7-2-3-7)12-9-5-4-8(14(15)16)10(11)13-9/h4-7H,2-3H2,1H3,(H3,11,12,13). The van der Waals surface area contributed by atoms with Crippen LogP contribution in [0.5, 0.6) is 0 Å². The third-order valence-electron chi connectivity index (χ3n) is 2.80. The van der Waals surface area contributed by atoms with Gasteiger partial charge in [-0.1, -0.05) is 0 Å². The maximum atomic E-state index is 10.5. The first-order valence-corrected chi connectivity index (χ1v) is 5.25. The summed E-state index contributed by atoms with van der Waals surface area (Å²) >= 11 is 0. The molecule has 0 aliphatic heterocycles. The van der Waals surface area contributed by atoms with Crippen molar-refractivity contribution in [1.82, 2.24) is 4.98 Å². The van der Waals surface area contributed by atoms with E-state index in [1.807, 2.05) is 0 Å². The molecule has 3 N–H and O–H groups in total. The zero-order valence-corrected chi connectivity index (χ0v) is 9.01. The molecular formula is C10H14N4O2. The SMILES string of the molecule is CC(Nc1ccc([N+](=O)[O-])c(N)n1)C1CC1. The van der Waals surface area contributed by atoms with Gasteiger partial charge in [0.1, 0.15) is 5.82 Å². The average Bonchev–Trinajstić information content (AvgIpc) is 2.99. The summed E-state index contributed by atoms with van der Waals surface area (Å²) in [5.41, 5.74) is 5.35. The number of anilines is 2. The van der Waals surface area contributed by atoms with Crippen LogP contribution in [0.25, 0.3) is 0 Å². The van der Waals surface area contributed by atoms with Crippen molar-refractivity contribution < 1.29 is 4.92 Å². The third kappa shape index (κ3) is 2.21. The zero-order valence-electron chi connectivity index (χ0n) is 9.01. The second kappa shape index (κ2) is 3.96. The Labute approximate surface area is 93.0 Å². The molecule has 1 aliphatic rings. The van der Waals surface area contributed by atoms with Gasteiger partial charge in [0.05, 0.1) is 4.92 Å². The van der Waals surface area contributed by atoms with E-state index in [0.717, 1.165) is 0 Å². The van der Waals surface area contributed by atoms with Gasteiger partial charge in [0, 0.05) is 12.1 Å². The van der Waals surface area contributed by atoms with E-state index in [4.69, 9.17) is 5.73 Å². The lowest BCUT2D eigenvalue weighted by atomic mass is 10.2. The molecular weight excluding hydrogens is 208 g/mol. The molecule has 86 valence electrons. The molecule has 0 radical (unpaired) electrons. The minimum Gasteiger partial charge on any atom is -0.378 e. The van der Waals surface area contributed by atoms with Crippen LogP contribution in [0.4, 0.5) is 17.3 Å². The smallest absolute Gasteiger partial charge is 0.311 e. The van der Waals surface area contributed by atoms with Crippen molar-refractivity contribution in [2.75, 3.05) is 11.1 Å². The molecule has 6 nitrogen and oxygen atoms in total. The summed E-state index contributed by atoms with van der Waals surface area (Å²) in [6, 6.07) is 3.31. The van der Waals surface area contributed by atoms with Crippen LogP contribution in [0.15, 0.2) is 12.1 Å². The summed E-state index contributed by atoms with van der Waals surface area (Å²) in [6.45, 7) is 2.08. The highest BCUT2D eigenvalue weighted by molar-refractivity contribution is 5.57. The van der Waals surface area contributed by atoms with Crippen LogP contribution < -0.4 is 11.1 Å². The molecule has 1 heterocycles. The monoisotopic (exact) mass is 222 g/mol. The van der Waals surface area contributed by atoms with Crippen LogP contribution in [0.2, 0.25) is 0 Å². The normalized spacial score (nSPS) is 16.8. The molecule has 1 fully saturated rings. The Bertz CT molecular complexity index is 417. The Hall–Kier alpha value is -1.85. The second-order valence-electron chi connectivity index (χ2n) is 4.13. The first kappa shape index (κ1) is 10.7. The van der Waals surface area contributed by atoms with Gasteiger partial charge in [0.2, 0.25) is 5.82 Å². The van der Waals surface area contributed by atoms with Crippen molar-refractivity contribution >= 4 is 17.3 Å². The number of nitro groups is 1. The van der Waals surface area contributed by atoms with Crippen LogP contribution in [0.1, 0.15) is 19.8 Å². The zero-order chi connectivity index (χ0) is 11.7. The molecule has 0 spiro atoms. The largest absolute Gasteiger partial charge is 0.378 e. The predicted molar refractivity (Wildman–Crippen MR) is 61.1 cm³/mol. The highest BCUT2D eigenvalue weighted by Gasteiger charge is 2.28. The van der Waals surface area contributed by atoms with E-state index in [0.29, 0.717) is 17.8 Å². The fraction of sp³-hybridized carbons (Fsp3) is 0.500. The van der Waals surface area contributed by atoms with Gasteiger partial charge in [-0.25, -0.2) is 4.98 Å². The van der Waals surface area contributed by atoms with Gasteiger partial charge < -0.3 is 11.1 Å². The molecule has 1 aromatic rings. The summed E-state index contributed by atoms with van der Waals surface area (Å²) in [5, 5.41) is 13.7. The fourth-order valence-corrected chi connectivity index (χ4v) is 1.65. The van der Waals surface area contributed by atoms with E-state index in [9.17, 15) is 10.1 Å². The summed E-state index contributed by atoms with van der Waals surface area (Å²) in [6.07, 6.45) is 2.47. The first-order valence-electron chi connectivity index (χ1n) is 5.25. The summed E-state index contributed by atoms with van der Waals surface area (Å²) in [7, 11) is 0. The molecule has 0 bridgehead atoms. The molecule has 0 amide bonds. The van der Waals surface area contributed by atoms with Gasteiger partial charge in [-0.15, -0.1) is 0 Å². The molecule has 1 aliphatic carbocycles. The summed E-state index contributed by atoms with van der Waals surface area (Å²) < 4.78 is 0. The lowest BCUT2D eigenvalue weighted by Crippen LogP contribution is -2.18. The molecule has 0 aromatic carbocycles. The van der Waals surface area contributed by atoms with E-state index < -0.39 is 4.92 Å². The highest BCUT2D eigenvalue weighted by atomic mass is 16.6. The van der Waals surface area contributed by atoms with E-state index in [2.05, 4.69) is 17.2 Å². The average molecular weight is 222 g/mol. The number of hydrogen-bond donors (Lipinski definition) is 2.